The third kappa shape index (κ3) is 32.4. The van der Waals surface area contributed by atoms with Gasteiger partial charge in [0, 0.05) is 19.3 Å². The van der Waals surface area contributed by atoms with Crippen molar-refractivity contribution in [2.75, 3.05) is 13.2 Å². The SMILES string of the molecule is CCCCCCCCCCCC(=O)OC[C@@H](COC(=O)CCCCCCC)OC(=O)CCCCCCCCCCCCC(C)CC. The first kappa shape index (κ1) is 44.4. The highest BCUT2D eigenvalue weighted by Gasteiger charge is 2.19. The molecule has 2 atom stereocenters. The minimum absolute atomic E-state index is 0.0661. The van der Waals surface area contributed by atoms with Crippen molar-refractivity contribution in [3.05, 3.63) is 0 Å². The molecule has 272 valence electrons. The second-order valence-corrected chi connectivity index (χ2v) is 13.8. The van der Waals surface area contributed by atoms with Crippen molar-refractivity contribution < 1.29 is 28.6 Å². The maximum atomic E-state index is 12.6. The van der Waals surface area contributed by atoms with Crippen molar-refractivity contribution in [1.82, 2.24) is 0 Å². The fourth-order valence-corrected chi connectivity index (χ4v) is 5.71. The van der Waals surface area contributed by atoms with Gasteiger partial charge in [-0.3, -0.25) is 14.4 Å². The molecular formula is C40H76O6. The molecule has 0 amide bonds. The molecule has 0 saturated heterocycles. The Morgan fingerprint density at radius 2 is 0.761 bits per heavy atom. The normalized spacial score (nSPS) is 12.5. The Balaban J connectivity index is 4.25. The van der Waals surface area contributed by atoms with Crippen LogP contribution >= 0.6 is 0 Å². The predicted molar refractivity (Wildman–Crippen MR) is 192 cm³/mol. The smallest absolute Gasteiger partial charge is 0.306 e. The summed E-state index contributed by atoms with van der Waals surface area (Å²) in [4.78, 5) is 37.2. The second kappa shape index (κ2) is 34.7. The summed E-state index contributed by atoms with van der Waals surface area (Å²) >= 11 is 0. The lowest BCUT2D eigenvalue weighted by Gasteiger charge is -2.18. The molecule has 0 fully saturated rings. The number of unbranched alkanes of at least 4 members (excludes halogenated alkanes) is 21. The first-order chi connectivity index (χ1) is 22.4. The zero-order valence-electron chi connectivity index (χ0n) is 31.0. The van der Waals surface area contributed by atoms with Gasteiger partial charge >= 0.3 is 17.9 Å². The van der Waals surface area contributed by atoms with E-state index < -0.39 is 6.10 Å². The molecule has 6 heteroatoms. The molecule has 0 saturated carbocycles. The first-order valence-electron chi connectivity index (χ1n) is 19.9. The van der Waals surface area contributed by atoms with E-state index in [0.717, 1.165) is 70.1 Å². The fraction of sp³-hybridized carbons (Fsp3) is 0.925. The van der Waals surface area contributed by atoms with Crippen LogP contribution in [0.15, 0.2) is 0 Å². The molecule has 0 aromatic heterocycles. The van der Waals surface area contributed by atoms with E-state index in [9.17, 15) is 14.4 Å². The van der Waals surface area contributed by atoms with E-state index >= 15 is 0 Å². The van der Waals surface area contributed by atoms with Gasteiger partial charge in [0.25, 0.3) is 0 Å². The van der Waals surface area contributed by atoms with Crippen molar-refractivity contribution >= 4 is 17.9 Å². The number of hydrogen-bond donors (Lipinski definition) is 0. The molecule has 0 aromatic rings. The Morgan fingerprint density at radius 1 is 0.435 bits per heavy atom. The van der Waals surface area contributed by atoms with Crippen molar-refractivity contribution in [3.8, 4) is 0 Å². The van der Waals surface area contributed by atoms with E-state index in [-0.39, 0.29) is 31.1 Å². The topological polar surface area (TPSA) is 78.9 Å². The summed E-state index contributed by atoms with van der Waals surface area (Å²) < 4.78 is 16.5. The first-order valence-corrected chi connectivity index (χ1v) is 19.9. The number of carbonyl (C=O) groups is 3. The minimum Gasteiger partial charge on any atom is -0.462 e. The van der Waals surface area contributed by atoms with Crippen molar-refractivity contribution in [3.63, 3.8) is 0 Å². The summed E-state index contributed by atoms with van der Waals surface area (Å²) in [7, 11) is 0. The number of ether oxygens (including phenoxy) is 3. The maximum Gasteiger partial charge on any atom is 0.306 e. The van der Waals surface area contributed by atoms with E-state index in [1.165, 1.54) is 103 Å². The van der Waals surface area contributed by atoms with Crippen molar-refractivity contribution in [1.29, 1.82) is 0 Å². The van der Waals surface area contributed by atoms with Crippen LogP contribution in [-0.4, -0.2) is 37.2 Å². The summed E-state index contributed by atoms with van der Waals surface area (Å²) in [5, 5.41) is 0. The summed E-state index contributed by atoms with van der Waals surface area (Å²) in [6.45, 7) is 8.89. The fourth-order valence-electron chi connectivity index (χ4n) is 5.71. The van der Waals surface area contributed by atoms with Gasteiger partial charge in [-0.05, 0) is 25.2 Å². The maximum absolute atomic E-state index is 12.6. The minimum atomic E-state index is -0.756. The highest BCUT2D eigenvalue weighted by atomic mass is 16.6. The molecule has 0 aliphatic rings. The van der Waals surface area contributed by atoms with Crippen LogP contribution in [0.1, 0.15) is 214 Å². The van der Waals surface area contributed by atoms with Crippen LogP contribution in [0.2, 0.25) is 0 Å². The van der Waals surface area contributed by atoms with E-state index in [4.69, 9.17) is 14.2 Å². The van der Waals surface area contributed by atoms with Crippen LogP contribution in [0.25, 0.3) is 0 Å². The summed E-state index contributed by atoms with van der Waals surface area (Å²) in [5.41, 5.74) is 0. The van der Waals surface area contributed by atoms with Gasteiger partial charge in [-0.15, -0.1) is 0 Å². The van der Waals surface area contributed by atoms with Gasteiger partial charge < -0.3 is 14.2 Å². The van der Waals surface area contributed by atoms with E-state index in [1.54, 1.807) is 0 Å². The molecule has 0 aromatic carbocycles. The Morgan fingerprint density at radius 3 is 1.13 bits per heavy atom. The van der Waals surface area contributed by atoms with Gasteiger partial charge in [0.05, 0.1) is 0 Å². The summed E-state index contributed by atoms with van der Waals surface area (Å²) in [5.74, 6) is -0.0117. The molecule has 46 heavy (non-hydrogen) atoms. The lowest BCUT2D eigenvalue weighted by Crippen LogP contribution is -2.30. The van der Waals surface area contributed by atoms with Gasteiger partial charge in [0.2, 0.25) is 0 Å². The quantitative estimate of drug-likeness (QED) is 0.0385. The number of carbonyl (C=O) groups excluding carboxylic acids is 3. The summed E-state index contributed by atoms with van der Waals surface area (Å²) in [6, 6.07) is 0. The van der Waals surface area contributed by atoms with Gasteiger partial charge in [0.15, 0.2) is 6.10 Å². The lowest BCUT2D eigenvalue weighted by atomic mass is 9.99. The lowest BCUT2D eigenvalue weighted by molar-refractivity contribution is -0.167. The van der Waals surface area contributed by atoms with Crippen LogP contribution < -0.4 is 0 Å². The average Bonchev–Trinajstić information content (AvgIpc) is 3.05. The molecule has 0 heterocycles. The standard InChI is InChI=1S/C40H76O6/c1-5-8-10-12-13-16-20-24-28-32-39(42)45-35-37(34-44-38(41)31-27-22-11-9-6-2)46-40(43)33-29-25-21-18-15-14-17-19-23-26-30-36(4)7-3/h36-37H,5-35H2,1-4H3/t36?,37-/m1/s1. The van der Waals surface area contributed by atoms with Crippen LogP contribution in [0.4, 0.5) is 0 Å². The highest BCUT2D eigenvalue weighted by Crippen LogP contribution is 2.16. The number of rotatable bonds is 35. The molecule has 0 bridgehead atoms. The van der Waals surface area contributed by atoms with Crippen LogP contribution in [-0.2, 0) is 28.6 Å². The van der Waals surface area contributed by atoms with Gasteiger partial charge in [-0.2, -0.15) is 0 Å². The van der Waals surface area contributed by atoms with Crippen LogP contribution in [0, 0.1) is 5.92 Å². The third-order valence-electron chi connectivity index (χ3n) is 9.15. The third-order valence-corrected chi connectivity index (χ3v) is 9.15. The molecule has 0 radical (unpaired) electrons. The van der Waals surface area contributed by atoms with E-state index in [0.29, 0.717) is 19.3 Å². The van der Waals surface area contributed by atoms with E-state index in [2.05, 4.69) is 27.7 Å². The Kier molecular flexibility index (Phi) is 33.5. The zero-order valence-corrected chi connectivity index (χ0v) is 31.0. The van der Waals surface area contributed by atoms with Gasteiger partial charge in [-0.1, -0.05) is 175 Å². The molecular weight excluding hydrogens is 576 g/mol. The van der Waals surface area contributed by atoms with Crippen molar-refractivity contribution in [2.24, 2.45) is 5.92 Å². The van der Waals surface area contributed by atoms with Gasteiger partial charge in [-0.25, -0.2) is 0 Å². The zero-order chi connectivity index (χ0) is 33.9. The van der Waals surface area contributed by atoms with Crippen molar-refractivity contribution in [2.45, 2.75) is 220 Å². The molecule has 6 nitrogen and oxygen atoms in total. The number of hydrogen-bond acceptors (Lipinski definition) is 6. The second-order valence-electron chi connectivity index (χ2n) is 13.8. The Bertz CT molecular complexity index is 693. The molecule has 0 spiro atoms. The molecule has 1 unspecified atom stereocenters. The van der Waals surface area contributed by atoms with Crippen LogP contribution in [0.3, 0.4) is 0 Å². The highest BCUT2D eigenvalue weighted by molar-refractivity contribution is 5.71. The monoisotopic (exact) mass is 653 g/mol. The van der Waals surface area contributed by atoms with E-state index in [1.807, 2.05) is 0 Å². The molecule has 0 rings (SSSR count). The summed E-state index contributed by atoms with van der Waals surface area (Å²) in [6.07, 6.45) is 31.1. The van der Waals surface area contributed by atoms with Crippen LogP contribution in [0.5, 0.6) is 0 Å². The Labute approximate surface area is 285 Å². The molecule has 0 aliphatic carbocycles. The average molecular weight is 653 g/mol. The predicted octanol–water partition coefficient (Wildman–Crippen LogP) is 12.0. The molecule has 0 aliphatic heterocycles. The van der Waals surface area contributed by atoms with Gasteiger partial charge in [0.1, 0.15) is 13.2 Å². The largest absolute Gasteiger partial charge is 0.462 e. The molecule has 0 N–H and O–H groups in total. The number of esters is 3. The Hall–Kier alpha value is -1.59.